The first kappa shape index (κ1) is 18.4. The molecular formula is C18H27N3O3. The Morgan fingerprint density at radius 2 is 2.08 bits per heavy atom. The number of hydrogen-bond donors (Lipinski definition) is 1. The third-order valence-corrected chi connectivity index (χ3v) is 4.03. The smallest absolute Gasteiger partial charge is 0.272 e. The van der Waals surface area contributed by atoms with Crippen molar-refractivity contribution >= 4 is 11.8 Å². The summed E-state index contributed by atoms with van der Waals surface area (Å²) in [4.78, 5) is 30.8. The lowest BCUT2D eigenvalue weighted by molar-refractivity contribution is 0.0749. The molecule has 2 amide bonds. The van der Waals surface area contributed by atoms with Gasteiger partial charge in [0.2, 0.25) is 0 Å². The highest BCUT2D eigenvalue weighted by molar-refractivity contribution is 5.98. The third-order valence-electron chi connectivity index (χ3n) is 4.03. The maximum atomic E-state index is 12.6. The lowest BCUT2D eigenvalue weighted by atomic mass is 10.2. The molecule has 0 aliphatic carbocycles. The molecule has 2 rings (SSSR count). The summed E-state index contributed by atoms with van der Waals surface area (Å²) in [6.45, 7) is 6.74. The molecule has 0 bridgehead atoms. The van der Waals surface area contributed by atoms with E-state index in [2.05, 4.69) is 10.3 Å². The fraction of sp³-hybridized carbons (Fsp3) is 0.611. The Bertz CT molecular complexity index is 550. The van der Waals surface area contributed by atoms with Crippen LogP contribution in [0.3, 0.4) is 0 Å². The minimum absolute atomic E-state index is 0.0986. The van der Waals surface area contributed by atoms with Gasteiger partial charge < -0.3 is 15.0 Å². The number of nitrogens with zero attached hydrogens (tertiary/aromatic N) is 2. The van der Waals surface area contributed by atoms with Gasteiger partial charge in [-0.05, 0) is 37.8 Å². The van der Waals surface area contributed by atoms with Crippen molar-refractivity contribution in [1.29, 1.82) is 0 Å². The molecule has 0 aromatic carbocycles. The fourth-order valence-corrected chi connectivity index (χ4v) is 2.82. The standard InChI is InChI=1S/C18H27N3O3/c1-3-9-21(10-4-2)18(23)16-12-14(7-8-19-16)17(22)20-13-15-6-5-11-24-15/h7-8,12,15H,3-6,9-11,13H2,1-2H3,(H,20,22). The van der Waals surface area contributed by atoms with Crippen LogP contribution in [-0.4, -0.2) is 54.0 Å². The maximum Gasteiger partial charge on any atom is 0.272 e. The van der Waals surface area contributed by atoms with Gasteiger partial charge in [0, 0.05) is 38.0 Å². The molecule has 2 heterocycles. The van der Waals surface area contributed by atoms with E-state index in [4.69, 9.17) is 4.74 Å². The first-order valence-corrected chi connectivity index (χ1v) is 8.80. The Morgan fingerprint density at radius 1 is 1.33 bits per heavy atom. The highest BCUT2D eigenvalue weighted by Crippen LogP contribution is 2.11. The zero-order valence-corrected chi connectivity index (χ0v) is 14.6. The van der Waals surface area contributed by atoms with Gasteiger partial charge >= 0.3 is 0 Å². The van der Waals surface area contributed by atoms with Crippen molar-refractivity contribution < 1.29 is 14.3 Å². The summed E-state index contributed by atoms with van der Waals surface area (Å²) in [6, 6.07) is 3.21. The van der Waals surface area contributed by atoms with Crippen LogP contribution in [0, 0.1) is 0 Å². The van der Waals surface area contributed by atoms with Crippen molar-refractivity contribution in [1.82, 2.24) is 15.2 Å². The number of pyridine rings is 1. The van der Waals surface area contributed by atoms with E-state index in [1.165, 1.54) is 6.20 Å². The number of ether oxygens (including phenoxy) is 1. The van der Waals surface area contributed by atoms with Crippen molar-refractivity contribution in [3.8, 4) is 0 Å². The second-order valence-corrected chi connectivity index (χ2v) is 6.07. The molecule has 1 atom stereocenters. The minimum atomic E-state index is -0.195. The number of amides is 2. The van der Waals surface area contributed by atoms with Gasteiger partial charge in [-0.25, -0.2) is 0 Å². The molecule has 1 aromatic heterocycles. The molecule has 0 spiro atoms. The van der Waals surface area contributed by atoms with Gasteiger partial charge in [-0.15, -0.1) is 0 Å². The first-order valence-electron chi connectivity index (χ1n) is 8.80. The summed E-state index contributed by atoms with van der Waals surface area (Å²) in [7, 11) is 0. The first-order chi connectivity index (χ1) is 11.7. The van der Waals surface area contributed by atoms with Crippen LogP contribution in [-0.2, 0) is 4.74 Å². The predicted octanol–water partition coefficient (Wildman–Crippen LogP) is 2.25. The maximum absolute atomic E-state index is 12.6. The number of hydrogen-bond acceptors (Lipinski definition) is 4. The normalized spacial score (nSPS) is 16.8. The highest BCUT2D eigenvalue weighted by atomic mass is 16.5. The summed E-state index contributed by atoms with van der Waals surface area (Å²) in [5.41, 5.74) is 0.779. The Kier molecular flexibility index (Phi) is 7.18. The van der Waals surface area contributed by atoms with E-state index in [0.717, 1.165) is 32.3 Å². The van der Waals surface area contributed by atoms with Crippen molar-refractivity contribution in [3.63, 3.8) is 0 Å². The average molecular weight is 333 g/mol. The van der Waals surface area contributed by atoms with Gasteiger partial charge in [0.05, 0.1) is 6.10 Å². The van der Waals surface area contributed by atoms with E-state index >= 15 is 0 Å². The van der Waals surface area contributed by atoms with Crippen LogP contribution in [0.5, 0.6) is 0 Å². The Morgan fingerprint density at radius 3 is 2.71 bits per heavy atom. The molecule has 24 heavy (non-hydrogen) atoms. The SMILES string of the molecule is CCCN(CCC)C(=O)c1cc(C(=O)NCC2CCCO2)ccn1. The van der Waals surface area contributed by atoms with Crippen LogP contribution >= 0.6 is 0 Å². The fourth-order valence-electron chi connectivity index (χ4n) is 2.82. The molecule has 1 aromatic rings. The predicted molar refractivity (Wildman–Crippen MR) is 92.0 cm³/mol. The summed E-state index contributed by atoms with van der Waals surface area (Å²) >= 11 is 0. The molecule has 0 saturated carbocycles. The summed E-state index contributed by atoms with van der Waals surface area (Å²) in [5.74, 6) is -0.313. The number of rotatable bonds is 8. The Hall–Kier alpha value is -1.95. The monoisotopic (exact) mass is 333 g/mol. The molecule has 0 radical (unpaired) electrons. The van der Waals surface area contributed by atoms with E-state index in [1.807, 2.05) is 13.8 Å². The van der Waals surface area contributed by atoms with E-state index in [-0.39, 0.29) is 17.9 Å². The number of carbonyl (C=O) groups excluding carboxylic acids is 2. The average Bonchev–Trinajstić information content (AvgIpc) is 3.12. The second-order valence-electron chi connectivity index (χ2n) is 6.07. The van der Waals surface area contributed by atoms with E-state index in [1.54, 1.807) is 17.0 Å². The van der Waals surface area contributed by atoms with Crippen LogP contribution in [0.4, 0.5) is 0 Å². The second kappa shape index (κ2) is 9.37. The molecule has 1 fully saturated rings. The van der Waals surface area contributed by atoms with Gasteiger partial charge in [-0.3, -0.25) is 14.6 Å². The zero-order valence-electron chi connectivity index (χ0n) is 14.6. The third kappa shape index (κ3) is 5.03. The Labute approximate surface area is 143 Å². The number of aromatic nitrogens is 1. The van der Waals surface area contributed by atoms with Gasteiger partial charge in [-0.2, -0.15) is 0 Å². The lowest BCUT2D eigenvalue weighted by Gasteiger charge is -2.21. The van der Waals surface area contributed by atoms with Gasteiger partial charge in [0.25, 0.3) is 11.8 Å². The zero-order chi connectivity index (χ0) is 17.4. The molecule has 6 nitrogen and oxygen atoms in total. The molecule has 1 saturated heterocycles. The van der Waals surface area contributed by atoms with Gasteiger partial charge in [0.15, 0.2) is 0 Å². The molecule has 1 N–H and O–H groups in total. The Balaban J connectivity index is 2.00. The van der Waals surface area contributed by atoms with Crippen molar-refractivity contribution in [2.75, 3.05) is 26.2 Å². The van der Waals surface area contributed by atoms with Crippen molar-refractivity contribution in [2.24, 2.45) is 0 Å². The molecule has 1 aliphatic heterocycles. The number of nitrogens with one attached hydrogen (secondary N) is 1. The van der Waals surface area contributed by atoms with Gasteiger partial charge in [0.1, 0.15) is 5.69 Å². The quantitative estimate of drug-likeness (QED) is 0.792. The van der Waals surface area contributed by atoms with E-state index in [0.29, 0.717) is 30.9 Å². The molecular weight excluding hydrogens is 306 g/mol. The van der Waals surface area contributed by atoms with Crippen LogP contribution in [0.25, 0.3) is 0 Å². The summed E-state index contributed by atoms with van der Waals surface area (Å²) < 4.78 is 5.50. The van der Waals surface area contributed by atoms with Crippen LogP contribution < -0.4 is 5.32 Å². The number of carbonyl (C=O) groups is 2. The van der Waals surface area contributed by atoms with Crippen LogP contribution in [0.15, 0.2) is 18.3 Å². The lowest BCUT2D eigenvalue weighted by Crippen LogP contribution is -2.34. The molecule has 1 aliphatic rings. The summed E-state index contributed by atoms with van der Waals surface area (Å²) in [5, 5.41) is 2.87. The molecule has 6 heteroatoms. The van der Waals surface area contributed by atoms with Crippen LogP contribution in [0.1, 0.15) is 60.4 Å². The van der Waals surface area contributed by atoms with Crippen molar-refractivity contribution in [3.05, 3.63) is 29.6 Å². The molecule has 132 valence electrons. The van der Waals surface area contributed by atoms with Crippen molar-refractivity contribution in [2.45, 2.75) is 45.6 Å². The highest BCUT2D eigenvalue weighted by Gasteiger charge is 2.19. The van der Waals surface area contributed by atoms with Gasteiger partial charge in [-0.1, -0.05) is 13.8 Å². The van der Waals surface area contributed by atoms with E-state index in [9.17, 15) is 9.59 Å². The van der Waals surface area contributed by atoms with E-state index < -0.39 is 0 Å². The topological polar surface area (TPSA) is 71.5 Å². The minimum Gasteiger partial charge on any atom is -0.376 e. The summed E-state index contributed by atoms with van der Waals surface area (Å²) in [6.07, 6.45) is 5.43. The molecule has 1 unspecified atom stereocenters. The van der Waals surface area contributed by atoms with Crippen LogP contribution in [0.2, 0.25) is 0 Å². The largest absolute Gasteiger partial charge is 0.376 e.